The summed E-state index contributed by atoms with van der Waals surface area (Å²) in [6.45, 7) is 16.8. The number of carbonyl (C=O) groups excluding carboxylic acids is 3. The number of hydrogen-bond donors (Lipinski definition) is 1. The van der Waals surface area contributed by atoms with E-state index in [9.17, 15) is 14.4 Å². The van der Waals surface area contributed by atoms with E-state index in [0.29, 0.717) is 43.5 Å². The van der Waals surface area contributed by atoms with E-state index in [4.69, 9.17) is 14.5 Å². The average Bonchev–Trinajstić information content (AvgIpc) is 3.69. The summed E-state index contributed by atoms with van der Waals surface area (Å²) in [6.07, 6.45) is 7.41. The molecule has 3 heterocycles. The molecule has 8 nitrogen and oxygen atoms in total. The Kier molecular flexibility index (Phi) is 11.9. The van der Waals surface area contributed by atoms with Gasteiger partial charge in [0.25, 0.3) is 5.91 Å². The fourth-order valence-corrected chi connectivity index (χ4v) is 7.09. The maximum Gasteiger partial charge on any atom is 0.306 e. The van der Waals surface area contributed by atoms with Gasteiger partial charge in [-0.05, 0) is 117 Å². The monoisotopic (exact) mass is 639 g/mol. The molecule has 1 amide bonds. The summed E-state index contributed by atoms with van der Waals surface area (Å²) in [5.41, 5.74) is 1.99. The molecule has 0 bridgehead atoms. The normalized spacial score (nSPS) is 20.6. The largest absolute Gasteiger partial charge is 0.460 e. The van der Waals surface area contributed by atoms with Crippen LogP contribution in [0, 0.1) is 18.8 Å². The molecule has 45 heavy (non-hydrogen) atoms. The molecule has 1 N–H and O–H groups in total. The van der Waals surface area contributed by atoms with Crippen LogP contribution in [0.2, 0.25) is 0 Å². The first kappa shape index (κ1) is 35.1. The second-order valence-electron chi connectivity index (χ2n) is 14.9. The molecule has 0 unspecified atom stereocenters. The van der Waals surface area contributed by atoms with Crippen molar-refractivity contribution < 1.29 is 23.9 Å². The summed E-state index contributed by atoms with van der Waals surface area (Å²) in [5, 5.41) is 4.38. The molecule has 1 aromatic heterocycles. The fourth-order valence-electron chi connectivity index (χ4n) is 5.87. The number of nitrogens with zero attached hydrogens (tertiary/aromatic N) is 2. The third-order valence-electron chi connectivity index (χ3n) is 8.01. The first-order chi connectivity index (χ1) is 21.2. The minimum atomic E-state index is -0.482. The summed E-state index contributed by atoms with van der Waals surface area (Å²) in [5.74, 6) is 0.864. The molecule has 3 aliphatic rings. The Labute approximate surface area is 273 Å². The number of rotatable bonds is 7. The van der Waals surface area contributed by atoms with Crippen LogP contribution in [0.5, 0.6) is 0 Å². The number of ether oxygens (including phenoxy) is 2. The lowest BCUT2D eigenvalue weighted by atomic mass is 9.94. The molecule has 9 heteroatoms. The second kappa shape index (κ2) is 15.2. The van der Waals surface area contributed by atoms with Crippen molar-refractivity contribution in [3.05, 3.63) is 40.5 Å². The zero-order valence-electron chi connectivity index (χ0n) is 28.4. The Balaban J connectivity index is 0.000000276. The van der Waals surface area contributed by atoms with Crippen LogP contribution in [-0.2, 0) is 19.1 Å². The maximum atomic E-state index is 13.5. The summed E-state index contributed by atoms with van der Waals surface area (Å²) < 4.78 is 10.8. The van der Waals surface area contributed by atoms with Crippen LogP contribution in [0.4, 0.5) is 0 Å². The predicted octanol–water partition coefficient (Wildman–Crippen LogP) is 7.30. The van der Waals surface area contributed by atoms with Crippen LogP contribution in [0.25, 0.3) is 10.4 Å². The van der Waals surface area contributed by atoms with Crippen LogP contribution >= 0.6 is 11.3 Å². The number of nitrogens with one attached hydrogen (secondary N) is 1. The van der Waals surface area contributed by atoms with E-state index in [-0.39, 0.29) is 29.4 Å². The van der Waals surface area contributed by atoms with Crippen LogP contribution in [0.3, 0.4) is 0 Å². The highest BCUT2D eigenvalue weighted by atomic mass is 32.1. The molecule has 0 radical (unpaired) electrons. The molecule has 2 aliphatic heterocycles. The van der Waals surface area contributed by atoms with Crippen LogP contribution in [0.1, 0.15) is 120 Å². The van der Waals surface area contributed by atoms with Crippen LogP contribution < -0.4 is 5.32 Å². The Bertz CT molecular complexity index is 1310. The lowest BCUT2D eigenvalue weighted by molar-refractivity contribution is -0.157. The highest BCUT2D eigenvalue weighted by Gasteiger charge is 2.34. The van der Waals surface area contributed by atoms with Gasteiger partial charge in [0.05, 0.1) is 16.3 Å². The standard InChI is InChI=1S/C25H32N2O3S.C11H21NO2/c1-16-7-5-9-19(13-16)22-21(26-23(31-22)18-10-11-18)24(29)27-12-6-8-17(15-27)14-20(28)30-25(2,3)4;1-11(2,3)14-10(13)7-9-5-4-6-12-8-9/h5,7,9,13,17-18H,6,8,10-12,14-15H2,1-4H3;9,12H,4-8H2,1-3H3/t17-;9-/m00/s1. The molecule has 5 rings (SSSR count). The van der Waals surface area contributed by atoms with Crippen molar-refractivity contribution in [3.8, 4) is 10.4 Å². The van der Waals surface area contributed by atoms with Crippen LogP contribution in [0.15, 0.2) is 24.3 Å². The third-order valence-corrected chi connectivity index (χ3v) is 9.28. The summed E-state index contributed by atoms with van der Waals surface area (Å²) in [6, 6.07) is 8.30. The summed E-state index contributed by atoms with van der Waals surface area (Å²) >= 11 is 1.67. The highest BCUT2D eigenvalue weighted by molar-refractivity contribution is 7.15. The van der Waals surface area contributed by atoms with Gasteiger partial charge in [0.2, 0.25) is 0 Å². The molecule has 2 saturated heterocycles. The molecule has 1 aromatic carbocycles. The van der Waals surface area contributed by atoms with Crippen molar-refractivity contribution in [1.82, 2.24) is 15.2 Å². The number of amides is 1. The lowest BCUT2D eigenvalue weighted by Crippen LogP contribution is -2.41. The topological polar surface area (TPSA) is 97.8 Å². The van der Waals surface area contributed by atoms with Gasteiger partial charge < -0.3 is 19.7 Å². The van der Waals surface area contributed by atoms with E-state index in [1.54, 1.807) is 11.3 Å². The first-order valence-corrected chi connectivity index (χ1v) is 17.5. The van der Waals surface area contributed by atoms with Crippen molar-refractivity contribution in [2.24, 2.45) is 11.8 Å². The van der Waals surface area contributed by atoms with E-state index in [2.05, 4.69) is 30.4 Å². The SMILES string of the molecule is CC(C)(C)OC(=O)C[C@@H]1CCCNC1.Cc1cccc(-c2sc(C3CC3)nc2C(=O)N2CCC[C@@H](CC(=O)OC(C)(C)C)C2)c1. The van der Waals surface area contributed by atoms with Crippen molar-refractivity contribution in [1.29, 1.82) is 0 Å². The van der Waals surface area contributed by atoms with Crippen LogP contribution in [-0.4, -0.2) is 65.1 Å². The van der Waals surface area contributed by atoms with E-state index >= 15 is 0 Å². The van der Waals surface area contributed by atoms with Gasteiger partial charge in [0.15, 0.2) is 0 Å². The number of likely N-dealkylation sites (tertiary alicyclic amines) is 1. The van der Waals surface area contributed by atoms with E-state index in [0.717, 1.165) is 60.6 Å². The van der Waals surface area contributed by atoms with Gasteiger partial charge in [-0.2, -0.15) is 0 Å². The Morgan fingerprint density at radius 1 is 0.933 bits per heavy atom. The van der Waals surface area contributed by atoms with E-state index < -0.39 is 5.60 Å². The lowest BCUT2D eigenvalue weighted by Gasteiger charge is -2.32. The minimum Gasteiger partial charge on any atom is -0.460 e. The Hall–Kier alpha value is -2.78. The zero-order valence-corrected chi connectivity index (χ0v) is 29.2. The Morgan fingerprint density at radius 3 is 2.16 bits per heavy atom. The first-order valence-electron chi connectivity index (χ1n) is 16.7. The van der Waals surface area contributed by atoms with Gasteiger partial charge in [-0.3, -0.25) is 14.4 Å². The number of carbonyl (C=O) groups is 3. The number of aryl methyl sites for hydroxylation is 1. The molecule has 2 aromatic rings. The van der Waals surface area contributed by atoms with Gasteiger partial charge in [0.1, 0.15) is 16.9 Å². The quantitative estimate of drug-likeness (QED) is 0.318. The van der Waals surface area contributed by atoms with Gasteiger partial charge >= 0.3 is 11.9 Å². The van der Waals surface area contributed by atoms with E-state index in [1.807, 2.05) is 52.5 Å². The van der Waals surface area contributed by atoms with Gasteiger partial charge in [0, 0.05) is 25.4 Å². The number of piperidine rings is 2. The zero-order chi connectivity index (χ0) is 32.8. The van der Waals surface area contributed by atoms with Crippen molar-refractivity contribution >= 4 is 29.2 Å². The molecule has 0 spiro atoms. The Morgan fingerprint density at radius 2 is 1.58 bits per heavy atom. The van der Waals surface area contributed by atoms with Gasteiger partial charge in [-0.15, -0.1) is 11.3 Å². The average molecular weight is 640 g/mol. The number of thiazole rings is 1. The van der Waals surface area contributed by atoms with Gasteiger partial charge in [-0.25, -0.2) is 4.98 Å². The molecule has 3 fully saturated rings. The van der Waals surface area contributed by atoms with Gasteiger partial charge in [-0.1, -0.05) is 29.8 Å². The number of hydrogen-bond acceptors (Lipinski definition) is 8. The van der Waals surface area contributed by atoms with E-state index in [1.165, 1.54) is 12.0 Å². The summed E-state index contributed by atoms with van der Waals surface area (Å²) in [7, 11) is 0. The van der Waals surface area contributed by atoms with Crippen molar-refractivity contribution in [2.75, 3.05) is 26.2 Å². The number of aromatic nitrogens is 1. The smallest absolute Gasteiger partial charge is 0.306 e. The maximum absolute atomic E-state index is 13.5. The summed E-state index contributed by atoms with van der Waals surface area (Å²) in [4.78, 5) is 45.0. The minimum absolute atomic E-state index is 0.00598. The number of benzene rings is 1. The number of esters is 2. The van der Waals surface area contributed by atoms with Crippen molar-refractivity contribution in [2.45, 2.75) is 117 Å². The highest BCUT2D eigenvalue weighted by Crippen LogP contribution is 2.45. The second-order valence-corrected chi connectivity index (χ2v) is 16.0. The van der Waals surface area contributed by atoms with Crippen molar-refractivity contribution in [3.63, 3.8) is 0 Å². The molecule has 1 saturated carbocycles. The molecular formula is C36H53N3O5S. The molecule has 2 atom stereocenters. The molecular weight excluding hydrogens is 586 g/mol. The third kappa shape index (κ3) is 11.5. The fraction of sp³-hybridized carbons (Fsp3) is 0.667. The molecule has 248 valence electrons. The molecule has 1 aliphatic carbocycles. The predicted molar refractivity (Wildman–Crippen MR) is 179 cm³/mol.